The second kappa shape index (κ2) is 14.2. The van der Waals surface area contributed by atoms with E-state index in [1.807, 2.05) is 92.7 Å². The first kappa shape index (κ1) is 29.5. The van der Waals surface area contributed by atoms with Gasteiger partial charge in [0.15, 0.2) is 11.5 Å². The van der Waals surface area contributed by atoms with Crippen LogP contribution in [-0.2, 0) is 17.8 Å². The molecule has 0 saturated heterocycles. The Morgan fingerprint density at radius 1 is 0.854 bits per heavy atom. The van der Waals surface area contributed by atoms with Crippen LogP contribution in [0.25, 0.3) is 11.1 Å². The number of methoxy groups -OCH3 is 2. The summed E-state index contributed by atoms with van der Waals surface area (Å²) in [6, 6.07) is 26.9. The van der Waals surface area contributed by atoms with Crippen molar-refractivity contribution in [2.75, 3.05) is 27.3 Å². The molecular formula is C34H38N2O5. The van der Waals surface area contributed by atoms with Crippen LogP contribution in [-0.4, -0.2) is 55.0 Å². The number of furan rings is 1. The number of benzene rings is 3. The van der Waals surface area contributed by atoms with Gasteiger partial charge in [0.25, 0.3) is 5.91 Å². The van der Waals surface area contributed by atoms with Gasteiger partial charge in [-0.3, -0.25) is 9.59 Å². The van der Waals surface area contributed by atoms with Gasteiger partial charge in [-0.1, -0.05) is 55.5 Å². The Hall–Kier alpha value is -4.52. The summed E-state index contributed by atoms with van der Waals surface area (Å²) >= 11 is 0. The highest BCUT2D eigenvalue weighted by molar-refractivity contribution is 5.97. The predicted octanol–water partition coefficient (Wildman–Crippen LogP) is 6.48. The minimum atomic E-state index is -0.162. The van der Waals surface area contributed by atoms with Crippen molar-refractivity contribution in [2.45, 2.75) is 39.3 Å². The van der Waals surface area contributed by atoms with Crippen molar-refractivity contribution in [3.05, 3.63) is 108 Å². The lowest BCUT2D eigenvalue weighted by molar-refractivity contribution is -0.133. The maximum absolute atomic E-state index is 13.8. The molecule has 0 aliphatic carbocycles. The van der Waals surface area contributed by atoms with Gasteiger partial charge < -0.3 is 23.7 Å². The molecule has 3 aromatic carbocycles. The summed E-state index contributed by atoms with van der Waals surface area (Å²) in [7, 11) is 3.20. The Morgan fingerprint density at radius 2 is 1.56 bits per heavy atom. The van der Waals surface area contributed by atoms with Crippen molar-refractivity contribution < 1.29 is 23.5 Å². The third-order valence-corrected chi connectivity index (χ3v) is 7.33. The first-order valence-electron chi connectivity index (χ1n) is 13.9. The van der Waals surface area contributed by atoms with Crippen molar-refractivity contribution in [1.29, 1.82) is 0 Å². The molecule has 0 aliphatic heterocycles. The highest BCUT2D eigenvalue weighted by Gasteiger charge is 2.26. The first-order chi connectivity index (χ1) is 19.9. The summed E-state index contributed by atoms with van der Waals surface area (Å²) in [4.78, 5) is 30.9. The molecular weight excluding hydrogens is 516 g/mol. The van der Waals surface area contributed by atoms with Gasteiger partial charge in [0.1, 0.15) is 12.3 Å². The molecule has 0 spiro atoms. The highest BCUT2D eigenvalue weighted by atomic mass is 16.5. The standard InChI is InChI=1S/C34H38N2O5/c1-5-25(2)36(34(38)29-16-14-28(15-17-29)27-10-7-6-8-11-27)24-33(37)35(23-30-12-9-21-41-30)20-19-26-13-18-31(39-3)32(22-26)40-4/h6-18,21-22,25H,5,19-20,23-24H2,1-4H3. The van der Waals surface area contributed by atoms with Gasteiger partial charge >= 0.3 is 0 Å². The summed E-state index contributed by atoms with van der Waals surface area (Å²) < 4.78 is 16.4. The molecule has 4 aromatic rings. The molecule has 7 nitrogen and oxygen atoms in total. The fourth-order valence-corrected chi connectivity index (χ4v) is 4.68. The number of ether oxygens (including phenoxy) is 2. The van der Waals surface area contributed by atoms with E-state index >= 15 is 0 Å². The molecule has 4 rings (SSSR count). The van der Waals surface area contributed by atoms with Gasteiger partial charge in [-0.25, -0.2) is 0 Å². The van der Waals surface area contributed by atoms with E-state index in [1.165, 1.54) is 0 Å². The van der Waals surface area contributed by atoms with E-state index < -0.39 is 0 Å². The summed E-state index contributed by atoms with van der Waals surface area (Å²) in [6.07, 6.45) is 2.93. The van der Waals surface area contributed by atoms with Crippen molar-refractivity contribution in [1.82, 2.24) is 9.80 Å². The summed E-state index contributed by atoms with van der Waals surface area (Å²) in [6.45, 7) is 4.73. The van der Waals surface area contributed by atoms with Crippen LogP contribution >= 0.6 is 0 Å². The normalized spacial score (nSPS) is 11.5. The molecule has 0 saturated carbocycles. The smallest absolute Gasteiger partial charge is 0.254 e. The zero-order valence-electron chi connectivity index (χ0n) is 24.2. The molecule has 1 atom stereocenters. The van der Waals surface area contributed by atoms with Crippen LogP contribution < -0.4 is 9.47 Å². The Labute approximate surface area is 242 Å². The molecule has 1 aromatic heterocycles. The minimum absolute atomic E-state index is 0.0269. The average Bonchev–Trinajstić information content (AvgIpc) is 3.54. The quantitative estimate of drug-likeness (QED) is 0.189. The SMILES string of the molecule is CCC(C)N(CC(=O)N(CCc1ccc(OC)c(OC)c1)Cc1ccco1)C(=O)c1ccc(-c2ccccc2)cc1. The van der Waals surface area contributed by atoms with E-state index in [-0.39, 0.29) is 24.4 Å². The molecule has 41 heavy (non-hydrogen) atoms. The number of carbonyl (C=O) groups excluding carboxylic acids is 2. The van der Waals surface area contributed by atoms with Crippen molar-refractivity contribution in [3.63, 3.8) is 0 Å². The average molecular weight is 555 g/mol. The van der Waals surface area contributed by atoms with E-state index in [2.05, 4.69) is 0 Å². The number of amides is 2. The molecule has 0 bridgehead atoms. The maximum Gasteiger partial charge on any atom is 0.254 e. The van der Waals surface area contributed by atoms with Gasteiger partial charge in [0.2, 0.25) is 5.91 Å². The fourth-order valence-electron chi connectivity index (χ4n) is 4.68. The van der Waals surface area contributed by atoms with Gasteiger partial charge in [-0.15, -0.1) is 0 Å². The zero-order chi connectivity index (χ0) is 29.2. The number of nitrogens with zero attached hydrogens (tertiary/aromatic N) is 2. The van der Waals surface area contributed by atoms with Gasteiger partial charge in [0, 0.05) is 18.2 Å². The van der Waals surface area contributed by atoms with E-state index in [0.717, 1.165) is 23.1 Å². The molecule has 214 valence electrons. The summed E-state index contributed by atoms with van der Waals surface area (Å²) in [5.41, 5.74) is 3.69. The number of hydrogen-bond donors (Lipinski definition) is 0. The Morgan fingerprint density at radius 3 is 2.20 bits per heavy atom. The second-order valence-electron chi connectivity index (χ2n) is 9.97. The van der Waals surface area contributed by atoms with E-state index in [4.69, 9.17) is 13.9 Å². The lowest BCUT2D eigenvalue weighted by Crippen LogP contribution is -2.46. The Kier molecular flexibility index (Phi) is 10.2. The molecule has 7 heteroatoms. The molecule has 0 fully saturated rings. The summed E-state index contributed by atoms with van der Waals surface area (Å²) in [5.74, 6) is 1.67. The lowest BCUT2D eigenvalue weighted by atomic mass is 10.0. The van der Waals surface area contributed by atoms with E-state index in [0.29, 0.717) is 42.3 Å². The third kappa shape index (κ3) is 7.57. The highest BCUT2D eigenvalue weighted by Crippen LogP contribution is 2.28. The van der Waals surface area contributed by atoms with Crippen molar-refractivity contribution in [3.8, 4) is 22.6 Å². The largest absolute Gasteiger partial charge is 0.493 e. The van der Waals surface area contributed by atoms with Crippen LogP contribution in [0.3, 0.4) is 0 Å². The fraction of sp³-hybridized carbons (Fsp3) is 0.294. The van der Waals surface area contributed by atoms with Crippen molar-refractivity contribution in [2.24, 2.45) is 0 Å². The second-order valence-corrected chi connectivity index (χ2v) is 9.97. The topological polar surface area (TPSA) is 72.2 Å². The van der Waals surface area contributed by atoms with Crippen LogP contribution in [0.15, 0.2) is 95.6 Å². The van der Waals surface area contributed by atoms with Gasteiger partial charge in [-0.2, -0.15) is 0 Å². The molecule has 0 aliphatic rings. The van der Waals surface area contributed by atoms with Crippen LogP contribution in [0.5, 0.6) is 11.5 Å². The molecule has 2 amide bonds. The first-order valence-corrected chi connectivity index (χ1v) is 13.9. The monoisotopic (exact) mass is 554 g/mol. The van der Waals surface area contributed by atoms with Crippen LogP contribution in [0.2, 0.25) is 0 Å². The van der Waals surface area contributed by atoms with Crippen LogP contribution in [0.4, 0.5) is 0 Å². The molecule has 1 heterocycles. The van der Waals surface area contributed by atoms with Crippen LogP contribution in [0, 0.1) is 0 Å². The van der Waals surface area contributed by atoms with E-state index in [1.54, 1.807) is 36.3 Å². The summed E-state index contributed by atoms with van der Waals surface area (Å²) in [5, 5.41) is 0. The zero-order valence-corrected chi connectivity index (χ0v) is 24.2. The van der Waals surface area contributed by atoms with Crippen LogP contribution in [0.1, 0.15) is 41.9 Å². The number of carbonyl (C=O) groups is 2. The lowest BCUT2D eigenvalue weighted by Gasteiger charge is -2.31. The van der Waals surface area contributed by atoms with Gasteiger partial charge in [-0.05, 0) is 72.9 Å². The third-order valence-electron chi connectivity index (χ3n) is 7.33. The molecule has 0 radical (unpaired) electrons. The van der Waals surface area contributed by atoms with Gasteiger partial charge in [0.05, 0.1) is 27.0 Å². The Bertz CT molecular complexity index is 1400. The Balaban J connectivity index is 1.51. The van der Waals surface area contributed by atoms with E-state index in [9.17, 15) is 9.59 Å². The minimum Gasteiger partial charge on any atom is -0.493 e. The van der Waals surface area contributed by atoms with Crippen molar-refractivity contribution >= 4 is 11.8 Å². The number of hydrogen-bond acceptors (Lipinski definition) is 5. The number of rotatable bonds is 13. The maximum atomic E-state index is 13.8. The predicted molar refractivity (Wildman–Crippen MR) is 160 cm³/mol. The molecule has 0 N–H and O–H groups in total. The molecule has 1 unspecified atom stereocenters.